The molecule has 1 aromatic heterocycles. The third-order valence-electron chi connectivity index (χ3n) is 4.49. The highest BCUT2D eigenvalue weighted by Gasteiger charge is 2.22. The summed E-state index contributed by atoms with van der Waals surface area (Å²) in [5.74, 6) is 1.50. The number of rotatable bonds is 10. The second kappa shape index (κ2) is 9.90. The first-order valence-corrected chi connectivity index (χ1v) is 13.1. The van der Waals surface area contributed by atoms with Crippen molar-refractivity contribution >= 4 is 14.0 Å². The van der Waals surface area contributed by atoms with E-state index in [1.807, 2.05) is 18.2 Å². The Bertz CT molecular complexity index is 832. The van der Waals surface area contributed by atoms with Crippen LogP contribution < -0.4 is 9.47 Å². The molecule has 0 N–H and O–H groups in total. The summed E-state index contributed by atoms with van der Waals surface area (Å²) in [6.07, 6.45) is 1.53. The first kappa shape index (κ1) is 22.9. The van der Waals surface area contributed by atoms with Crippen LogP contribution in [-0.2, 0) is 16.3 Å². The molecule has 0 saturated heterocycles. The summed E-state index contributed by atoms with van der Waals surface area (Å²) in [6, 6.07) is 6.54. The number of hydrogen-bond acceptors (Lipinski definition) is 6. The molecule has 0 aliphatic rings. The quantitative estimate of drug-likeness (QED) is 0.332. The third-order valence-corrected chi connectivity index (χ3v) is 6.20. The number of imidazole rings is 1. The Balaban J connectivity index is 2.38. The van der Waals surface area contributed by atoms with Crippen molar-refractivity contribution in [2.45, 2.75) is 32.4 Å². The Morgan fingerprint density at radius 1 is 1.14 bits per heavy atom. The van der Waals surface area contributed by atoms with Crippen LogP contribution >= 0.6 is 0 Å². The zero-order valence-corrected chi connectivity index (χ0v) is 19.3. The molecule has 2 aromatic rings. The monoisotopic (exact) mass is 421 g/mol. The molecule has 0 unspecified atom stereocenters. The molecule has 8 nitrogen and oxygen atoms in total. The largest absolute Gasteiger partial charge is 0.493 e. The summed E-state index contributed by atoms with van der Waals surface area (Å²) in [6.45, 7) is 7.74. The highest BCUT2D eigenvalue weighted by atomic mass is 28.3. The maximum Gasteiger partial charge on any atom is 0.295 e. The minimum Gasteiger partial charge on any atom is -0.493 e. The second-order valence-corrected chi connectivity index (χ2v) is 13.4. The smallest absolute Gasteiger partial charge is 0.295 e. The molecule has 1 aromatic carbocycles. The van der Waals surface area contributed by atoms with Crippen molar-refractivity contribution in [1.82, 2.24) is 14.6 Å². The van der Waals surface area contributed by atoms with E-state index in [4.69, 9.17) is 19.0 Å². The summed E-state index contributed by atoms with van der Waals surface area (Å²) in [4.78, 5) is 22.2. The van der Waals surface area contributed by atoms with Gasteiger partial charge in [-0.3, -0.25) is 14.2 Å². The molecule has 0 atom stereocenters. The van der Waals surface area contributed by atoms with E-state index in [0.29, 0.717) is 29.6 Å². The summed E-state index contributed by atoms with van der Waals surface area (Å²) in [5, 5.41) is 1.16. The van der Waals surface area contributed by atoms with Crippen molar-refractivity contribution in [3.63, 3.8) is 0 Å². The molecule has 0 saturated carbocycles. The number of aromatic nitrogens is 2. The lowest BCUT2D eigenvalue weighted by atomic mass is 10.2. The van der Waals surface area contributed by atoms with Gasteiger partial charge in [-0.15, -0.1) is 0 Å². The number of hydrogen-bond donors (Lipinski definition) is 0. The van der Waals surface area contributed by atoms with Crippen LogP contribution in [0.1, 0.15) is 10.5 Å². The average Bonchev–Trinajstić information content (AvgIpc) is 3.12. The van der Waals surface area contributed by atoms with E-state index in [-0.39, 0.29) is 12.6 Å². The van der Waals surface area contributed by atoms with Crippen LogP contribution in [0.25, 0.3) is 11.4 Å². The van der Waals surface area contributed by atoms with Gasteiger partial charge in [0.05, 0.1) is 27.5 Å². The molecule has 0 fully saturated rings. The van der Waals surface area contributed by atoms with Crippen LogP contribution in [0.5, 0.6) is 11.5 Å². The lowest BCUT2D eigenvalue weighted by Crippen LogP contribution is -2.28. The summed E-state index contributed by atoms with van der Waals surface area (Å²) in [7, 11) is 4.95. The van der Waals surface area contributed by atoms with Crippen molar-refractivity contribution in [3.05, 3.63) is 30.1 Å². The normalized spacial score (nSPS) is 11.4. The van der Waals surface area contributed by atoms with Gasteiger partial charge in [-0.1, -0.05) is 19.6 Å². The molecule has 0 radical (unpaired) electrons. The van der Waals surface area contributed by atoms with Crippen LogP contribution in [0.15, 0.2) is 24.4 Å². The van der Waals surface area contributed by atoms with Gasteiger partial charge in [-0.2, -0.15) is 0 Å². The maximum absolute atomic E-state index is 12.7. The summed E-state index contributed by atoms with van der Waals surface area (Å²) >= 11 is 0. The predicted molar refractivity (Wildman–Crippen MR) is 114 cm³/mol. The van der Waals surface area contributed by atoms with Gasteiger partial charge in [0, 0.05) is 27.3 Å². The Morgan fingerprint density at radius 2 is 1.83 bits per heavy atom. The number of hydroxylamine groups is 2. The van der Waals surface area contributed by atoms with Crippen molar-refractivity contribution in [2.75, 3.05) is 35.0 Å². The molecule has 0 spiro atoms. The van der Waals surface area contributed by atoms with Gasteiger partial charge < -0.3 is 14.2 Å². The van der Waals surface area contributed by atoms with Gasteiger partial charge in [0.1, 0.15) is 18.2 Å². The topological polar surface area (TPSA) is 75.0 Å². The molecule has 9 heteroatoms. The number of nitrogens with zero attached hydrogens (tertiary/aromatic N) is 3. The molecule has 29 heavy (non-hydrogen) atoms. The van der Waals surface area contributed by atoms with Gasteiger partial charge in [-0.25, -0.2) is 10.0 Å². The van der Waals surface area contributed by atoms with E-state index < -0.39 is 8.07 Å². The average molecular weight is 422 g/mol. The summed E-state index contributed by atoms with van der Waals surface area (Å²) in [5.41, 5.74) is 1.17. The fourth-order valence-electron chi connectivity index (χ4n) is 2.66. The van der Waals surface area contributed by atoms with Crippen molar-refractivity contribution in [3.8, 4) is 22.9 Å². The van der Waals surface area contributed by atoms with E-state index in [9.17, 15) is 4.79 Å². The number of carbonyl (C=O) groups excluding carboxylic acids is 1. The molecule has 0 aliphatic carbocycles. The van der Waals surface area contributed by atoms with Gasteiger partial charge in [0.25, 0.3) is 5.91 Å². The lowest BCUT2D eigenvalue weighted by Gasteiger charge is -2.19. The maximum atomic E-state index is 12.7. The standard InChI is InChI=1S/C20H31N3O5Si/c1-22(27-4)20(24)16-13-21-19(23(16)14-28-10-11-29(5,6)7)15-8-9-17(25-2)18(12-15)26-3/h8-9,12-13H,10-11,14H2,1-7H3. The number of carbonyl (C=O) groups is 1. The molecular weight excluding hydrogens is 390 g/mol. The van der Waals surface area contributed by atoms with Crippen molar-refractivity contribution in [1.29, 1.82) is 0 Å². The SMILES string of the molecule is COc1ccc(-c2ncc(C(=O)N(C)OC)n2COCC[Si](C)(C)C)cc1OC. The van der Waals surface area contributed by atoms with Crippen LogP contribution in [0, 0.1) is 0 Å². The van der Waals surface area contributed by atoms with Gasteiger partial charge in [-0.05, 0) is 24.2 Å². The first-order valence-electron chi connectivity index (χ1n) is 9.39. The fourth-order valence-corrected chi connectivity index (χ4v) is 3.42. The number of amides is 1. The van der Waals surface area contributed by atoms with Crippen LogP contribution in [-0.4, -0.2) is 63.6 Å². The molecule has 1 amide bonds. The molecule has 160 valence electrons. The Labute approximate surface area is 173 Å². The van der Waals surface area contributed by atoms with Gasteiger partial charge >= 0.3 is 0 Å². The van der Waals surface area contributed by atoms with Gasteiger partial charge in [0.15, 0.2) is 11.5 Å². The molecule has 0 bridgehead atoms. The zero-order chi connectivity index (χ0) is 21.6. The Hall–Kier alpha value is -2.36. The van der Waals surface area contributed by atoms with E-state index in [0.717, 1.165) is 16.7 Å². The van der Waals surface area contributed by atoms with Crippen LogP contribution in [0.4, 0.5) is 0 Å². The zero-order valence-electron chi connectivity index (χ0n) is 18.3. The first-order chi connectivity index (χ1) is 13.7. The van der Waals surface area contributed by atoms with Crippen molar-refractivity contribution in [2.24, 2.45) is 0 Å². The minimum absolute atomic E-state index is 0.215. The number of benzene rings is 1. The number of methoxy groups -OCH3 is 2. The van der Waals surface area contributed by atoms with E-state index in [1.165, 1.54) is 13.3 Å². The van der Waals surface area contributed by atoms with Crippen molar-refractivity contribution < 1.29 is 23.8 Å². The lowest BCUT2D eigenvalue weighted by molar-refractivity contribution is -0.0766. The molecule has 1 heterocycles. The van der Waals surface area contributed by atoms with Crippen LogP contribution in [0.2, 0.25) is 25.7 Å². The van der Waals surface area contributed by atoms with E-state index in [1.54, 1.807) is 25.8 Å². The molecular formula is C20H31N3O5Si. The van der Waals surface area contributed by atoms with Crippen LogP contribution in [0.3, 0.4) is 0 Å². The highest BCUT2D eigenvalue weighted by molar-refractivity contribution is 6.76. The minimum atomic E-state index is -1.21. The van der Waals surface area contributed by atoms with Gasteiger partial charge in [0.2, 0.25) is 0 Å². The second-order valence-electron chi connectivity index (χ2n) is 7.80. The van der Waals surface area contributed by atoms with E-state index >= 15 is 0 Å². The number of ether oxygens (including phenoxy) is 3. The van der Waals surface area contributed by atoms with E-state index in [2.05, 4.69) is 24.6 Å². The molecule has 0 aliphatic heterocycles. The molecule has 2 rings (SSSR count). The Kier molecular flexibility index (Phi) is 7.83. The third kappa shape index (κ3) is 5.81. The fraction of sp³-hybridized carbons (Fsp3) is 0.500. The Morgan fingerprint density at radius 3 is 2.41 bits per heavy atom. The highest BCUT2D eigenvalue weighted by Crippen LogP contribution is 2.32. The predicted octanol–water partition coefficient (Wildman–Crippen LogP) is 3.51. The summed E-state index contributed by atoms with van der Waals surface area (Å²) < 4.78 is 18.4.